The van der Waals surface area contributed by atoms with Gasteiger partial charge in [0, 0.05) is 18.2 Å². The molecule has 5 heteroatoms. The highest BCUT2D eigenvalue weighted by Gasteiger charge is 2.23. The third-order valence-corrected chi connectivity index (χ3v) is 5.73. The number of nitrogens with one attached hydrogen (secondary N) is 1. The van der Waals surface area contributed by atoms with Crippen LogP contribution >= 0.6 is 0 Å². The molecule has 0 saturated carbocycles. The van der Waals surface area contributed by atoms with Gasteiger partial charge in [-0.25, -0.2) is 4.98 Å². The minimum Gasteiger partial charge on any atom is -0.494 e. The van der Waals surface area contributed by atoms with Crippen molar-refractivity contribution in [2.45, 2.75) is 33.1 Å². The summed E-state index contributed by atoms with van der Waals surface area (Å²) in [6, 6.07) is 16.6. The van der Waals surface area contributed by atoms with Gasteiger partial charge in [-0.15, -0.1) is 0 Å². The lowest BCUT2D eigenvalue weighted by Crippen LogP contribution is -2.21. The molecule has 0 saturated heterocycles. The van der Waals surface area contributed by atoms with Gasteiger partial charge in [0.1, 0.15) is 11.4 Å². The summed E-state index contributed by atoms with van der Waals surface area (Å²) < 4.78 is 11.4. The minimum atomic E-state index is -0.242. The number of methoxy groups -OCH3 is 1. The smallest absolute Gasteiger partial charge is 0.255 e. The molecule has 0 aliphatic rings. The fraction of sp³-hybridized carbons (Fsp3) is 0.267. The Bertz CT molecular complexity index is 1180. The van der Waals surface area contributed by atoms with Crippen molar-refractivity contribution in [3.8, 4) is 22.8 Å². The Morgan fingerprint density at radius 1 is 1.06 bits per heavy atom. The largest absolute Gasteiger partial charge is 0.494 e. The summed E-state index contributed by atoms with van der Waals surface area (Å²) in [6.45, 7) is 8.64. The maximum Gasteiger partial charge on any atom is 0.255 e. The lowest BCUT2D eigenvalue weighted by molar-refractivity contribution is 0.0959. The van der Waals surface area contributed by atoms with Crippen LogP contribution in [0.1, 0.15) is 53.0 Å². The van der Waals surface area contributed by atoms with Crippen LogP contribution in [0.3, 0.4) is 0 Å². The Morgan fingerprint density at radius 2 is 1.69 bits per heavy atom. The van der Waals surface area contributed by atoms with E-state index in [1.54, 1.807) is 20.2 Å². The van der Waals surface area contributed by atoms with Gasteiger partial charge in [-0.3, -0.25) is 4.79 Å². The summed E-state index contributed by atoms with van der Waals surface area (Å²) in [5, 5.41) is 2.71. The van der Waals surface area contributed by atoms with Crippen LogP contribution in [0.25, 0.3) is 23.4 Å². The molecule has 2 aromatic carbocycles. The van der Waals surface area contributed by atoms with Crippen LogP contribution in [0.15, 0.2) is 61.2 Å². The second-order valence-corrected chi connectivity index (χ2v) is 8.14. The molecule has 1 amide bonds. The summed E-state index contributed by atoms with van der Waals surface area (Å²) in [6.07, 6.45) is 8.27. The summed E-state index contributed by atoms with van der Waals surface area (Å²) >= 11 is 0. The SMILES string of the molecule is C=Cc1c(/C=C\C)nc(-c2ccc(CCc3ccc(OCCC)cc3)cc2)c(OC)c1C(=O)NC. The second kappa shape index (κ2) is 12.6. The van der Waals surface area contributed by atoms with Crippen molar-refractivity contribution < 1.29 is 14.3 Å². The van der Waals surface area contributed by atoms with Gasteiger partial charge in [0.25, 0.3) is 5.91 Å². The molecule has 5 nitrogen and oxygen atoms in total. The first kappa shape index (κ1) is 25.8. The number of allylic oxidation sites excluding steroid dienone is 1. The lowest BCUT2D eigenvalue weighted by Gasteiger charge is -2.17. The monoisotopic (exact) mass is 470 g/mol. The number of carbonyl (C=O) groups is 1. The van der Waals surface area contributed by atoms with E-state index in [0.29, 0.717) is 28.3 Å². The molecular formula is C30H34N2O3. The molecule has 1 heterocycles. The molecule has 0 fully saturated rings. The van der Waals surface area contributed by atoms with Crippen molar-refractivity contribution in [1.82, 2.24) is 10.3 Å². The highest BCUT2D eigenvalue weighted by atomic mass is 16.5. The van der Waals surface area contributed by atoms with E-state index in [0.717, 1.165) is 37.2 Å². The van der Waals surface area contributed by atoms with E-state index < -0.39 is 0 Å². The molecule has 0 atom stereocenters. The van der Waals surface area contributed by atoms with Crippen molar-refractivity contribution in [2.75, 3.05) is 20.8 Å². The molecule has 0 radical (unpaired) electrons. The number of aryl methyl sites for hydroxylation is 2. The van der Waals surface area contributed by atoms with Gasteiger partial charge >= 0.3 is 0 Å². The normalized spacial score (nSPS) is 10.9. The Kier molecular flexibility index (Phi) is 9.24. The fourth-order valence-corrected chi connectivity index (χ4v) is 3.93. The number of nitrogens with zero attached hydrogens (tertiary/aromatic N) is 1. The number of amides is 1. The fourth-order valence-electron chi connectivity index (χ4n) is 3.93. The number of pyridine rings is 1. The van der Waals surface area contributed by atoms with Crippen LogP contribution < -0.4 is 14.8 Å². The lowest BCUT2D eigenvalue weighted by atomic mass is 9.97. The molecule has 3 rings (SSSR count). The van der Waals surface area contributed by atoms with Crippen molar-refractivity contribution in [1.29, 1.82) is 0 Å². The Labute approximate surface area is 208 Å². The van der Waals surface area contributed by atoms with Crippen LogP contribution in [0.2, 0.25) is 0 Å². The number of ether oxygens (including phenoxy) is 2. The highest BCUT2D eigenvalue weighted by Crippen LogP contribution is 2.36. The van der Waals surface area contributed by atoms with Gasteiger partial charge in [-0.2, -0.15) is 0 Å². The number of hydrogen-bond donors (Lipinski definition) is 1. The predicted octanol–water partition coefficient (Wildman–Crippen LogP) is 6.37. The van der Waals surface area contributed by atoms with Gasteiger partial charge in [-0.05, 0) is 55.5 Å². The average molecular weight is 471 g/mol. The maximum atomic E-state index is 12.8. The van der Waals surface area contributed by atoms with E-state index in [2.05, 4.69) is 43.1 Å². The van der Waals surface area contributed by atoms with Gasteiger partial charge in [0.05, 0.1) is 25.0 Å². The van der Waals surface area contributed by atoms with Crippen molar-refractivity contribution >= 4 is 18.1 Å². The van der Waals surface area contributed by atoms with E-state index in [1.165, 1.54) is 11.1 Å². The Hall–Kier alpha value is -3.86. The molecule has 0 bridgehead atoms. The van der Waals surface area contributed by atoms with Crippen LogP contribution in [0, 0.1) is 0 Å². The average Bonchev–Trinajstić information content (AvgIpc) is 2.90. The van der Waals surface area contributed by atoms with Gasteiger partial charge in [-0.1, -0.05) is 62.1 Å². The van der Waals surface area contributed by atoms with E-state index >= 15 is 0 Å². The van der Waals surface area contributed by atoms with Gasteiger partial charge < -0.3 is 14.8 Å². The van der Waals surface area contributed by atoms with Gasteiger partial charge in [0.2, 0.25) is 0 Å². The summed E-state index contributed by atoms with van der Waals surface area (Å²) in [5.41, 5.74) is 5.75. The molecule has 0 aliphatic carbocycles. The van der Waals surface area contributed by atoms with Crippen molar-refractivity contribution in [2.24, 2.45) is 0 Å². The van der Waals surface area contributed by atoms with E-state index in [-0.39, 0.29) is 5.91 Å². The van der Waals surface area contributed by atoms with Crippen LogP contribution in [0.5, 0.6) is 11.5 Å². The number of aromatic nitrogens is 1. The summed E-state index contributed by atoms with van der Waals surface area (Å²) in [4.78, 5) is 17.6. The van der Waals surface area contributed by atoms with Crippen LogP contribution in [-0.2, 0) is 12.8 Å². The molecule has 3 aromatic rings. The number of carbonyl (C=O) groups excluding carboxylic acids is 1. The zero-order valence-corrected chi connectivity index (χ0v) is 21.1. The zero-order valence-electron chi connectivity index (χ0n) is 21.1. The minimum absolute atomic E-state index is 0.242. The second-order valence-electron chi connectivity index (χ2n) is 8.14. The number of benzene rings is 2. The maximum absolute atomic E-state index is 12.8. The molecule has 0 aliphatic heterocycles. The third-order valence-electron chi connectivity index (χ3n) is 5.73. The Morgan fingerprint density at radius 3 is 2.20 bits per heavy atom. The Balaban J connectivity index is 1.87. The molecular weight excluding hydrogens is 436 g/mol. The molecule has 0 spiro atoms. The van der Waals surface area contributed by atoms with Crippen LogP contribution in [-0.4, -0.2) is 31.7 Å². The topological polar surface area (TPSA) is 60.5 Å². The number of hydrogen-bond acceptors (Lipinski definition) is 4. The molecule has 182 valence electrons. The zero-order chi connectivity index (χ0) is 25.2. The standard InChI is InChI=1S/C30H34N2O3/c1-6-9-26-25(8-3)27(30(33)31-4)29(34-5)28(32-26)23-16-12-21(13-17-23)10-11-22-14-18-24(19-15-22)35-20-7-2/h6,8-9,12-19H,3,7,10-11,20H2,1-2,4-5H3,(H,31,33)/b9-6-. The van der Waals surface area contributed by atoms with Crippen molar-refractivity contribution in [3.63, 3.8) is 0 Å². The van der Waals surface area contributed by atoms with Gasteiger partial charge in [0.15, 0.2) is 5.75 Å². The van der Waals surface area contributed by atoms with E-state index in [9.17, 15) is 4.79 Å². The first-order chi connectivity index (χ1) is 17.1. The van der Waals surface area contributed by atoms with Crippen LogP contribution in [0.4, 0.5) is 0 Å². The molecule has 35 heavy (non-hydrogen) atoms. The first-order valence-electron chi connectivity index (χ1n) is 12.0. The predicted molar refractivity (Wildman–Crippen MR) is 144 cm³/mol. The molecule has 0 unspecified atom stereocenters. The van der Waals surface area contributed by atoms with E-state index in [4.69, 9.17) is 14.5 Å². The first-order valence-corrected chi connectivity index (χ1v) is 12.0. The summed E-state index contributed by atoms with van der Waals surface area (Å²) in [7, 11) is 3.16. The van der Waals surface area contributed by atoms with E-state index in [1.807, 2.05) is 43.3 Å². The molecule has 1 aromatic heterocycles. The molecule has 1 N–H and O–H groups in total. The van der Waals surface area contributed by atoms with Crippen molar-refractivity contribution in [3.05, 3.63) is 89.1 Å². The quantitative estimate of drug-likeness (QED) is 0.354. The number of rotatable bonds is 11. The summed E-state index contributed by atoms with van der Waals surface area (Å²) in [5.74, 6) is 1.11. The third kappa shape index (κ3) is 6.18. The highest BCUT2D eigenvalue weighted by molar-refractivity contribution is 6.03.